The number of rotatable bonds is 3. The molecule has 0 aromatic carbocycles. The van der Waals surface area contributed by atoms with Gasteiger partial charge in [0.1, 0.15) is 16.1 Å². The molecule has 0 aliphatic heterocycles. The van der Waals surface area contributed by atoms with Crippen molar-refractivity contribution in [1.29, 1.82) is 0 Å². The molecule has 0 fully saturated rings. The second-order valence-corrected chi connectivity index (χ2v) is 3.84. The first-order valence-corrected chi connectivity index (χ1v) is 4.23. The van der Waals surface area contributed by atoms with E-state index >= 15 is 0 Å². The minimum absolute atomic E-state index is 0.0313. The summed E-state index contributed by atoms with van der Waals surface area (Å²) in [5, 5.41) is 0. The van der Waals surface area contributed by atoms with Crippen molar-refractivity contribution in [2.24, 2.45) is 0 Å². The van der Waals surface area contributed by atoms with Crippen LogP contribution in [0.2, 0.25) is 0 Å². The molecule has 0 radical (unpaired) electrons. The summed E-state index contributed by atoms with van der Waals surface area (Å²) in [6.45, 7) is 0. The van der Waals surface area contributed by atoms with Gasteiger partial charge in [0.2, 0.25) is 0 Å². The Labute approximate surface area is 48.6 Å². The molecule has 0 N–H and O–H groups in total. The normalized spacial score (nSPS) is 11.1. The lowest BCUT2D eigenvalue weighted by Crippen LogP contribution is -2.02. The third kappa shape index (κ3) is 5.62. The summed E-state index contributed by atoms with van der Waals surface area (Å²) in [5.74, 6) is -0.0313. The highest BCUT2D eigenvalue weighted by Gasteiger charge is 1.98. The van der Waals surface area contributed by atoms with E-state index in [1.807, 2.05) is 0 Å². The zero-order valence-corrected chi connectivity index (χ0v) is 5.44. The third-order valence-corrected chi connectivity index (χ3v) is 1.58. The van der Waals surface area contributed by atoms with Gasteiger partial charge < -0.3 is 4.79 Å². The molecule has 0 bridgehead atoms. The number of hydrogen-bond donors (Lipinski definition) is 0. The van der Waals surface area contributed by atoms with Gasteiger partial charge >= 0.3 is 0 Å². The summed E-state index contributed by atoms with van der Waals surface area (Å²) in [7, 11) is -2.92. The quantitative estimate of drug-likeness (QED) is 0.497. The molecule has 0 aromatic heterocycles. The third-order valence-electron chi connectivity index (χ3n) is 0.606. The smallest absolute Gasteiger partial charge is 0.147 e. The molecule has 0 atom stereocenters. The molecule has 0 saturated carbocycles. The van der Waals surface area contributed by atoms with Gasteiger partial charge in [-0.2, -0.15) is 0 Å². The predicted octanol–water partition coefficient (Wildman–Crippen LogP) is -0.380. The van der Waals surface area contributed by atoms with Crippen LogP contribution in [0.3, 0.4) is 0 Å². The van der Waals surface area contributed by atoms with Crippen molar-refractivity contribution in [3.8, 4) is 0 Å². The monoisotopic (exact) mass is 136 g/mol. The Balaban J connectivity index is 3.57. The molecule has 0 saturated heterocycles. The summed E-state index contributed by atoms with van der Waals surface area (Å²) >= 11 is 0. The zero-order chi connectivity index (χ0) is 6.62. The zero-order valence-electron chi connectivity index (χ0n) is 4.62. The molecule has 0 aliphatic rings. The lowest BCUT2D eigenvalue weighted by atomic mass is 10.6. The van der Waals surface area contributed by atoms with Crippen LogP contribution in [0.5, 0.6) is 0 Å². The largest absolute Gasteiger partial charge is 0.303 e. The molecular formula is C4H8O3S. The van der Waals surface area contributed by atoms with Crippen LogP contribution in [0.1, 0.15) is 6.42 Å². The molecule has 0 heterocycles. The fourth-order valence-corrected chi connectivity index (χ4v) is 0.787. The summed E-state index contributed by atoms with van der Waals surface area (Å²) in [6, 6.07) is 0. The van der Waals surface area contributed by atoms with Crippen LogP contribution in [-0.4, -0.2) is 26.7 Å². The van der Waals surface area contributed by atoms with E-state index in [2.05, 4.69) is 0 Å². The number of sulfone groups is 1. The van der Waals surface area contributed by atoms with Crippen LogP contribution in [-0.2, 0) is 14.6 Å². The Kier molecular flexibility index (Phi) is 2.68. The highest BCUT2D eigenvalue weighted by molar-refractivity contribution is 7.90. The molecule has 48 valence electrons. The van der Waals surface area contributed by atoms with Crippen molar-refractivity contribution in [2.75, 3.05) is 12.0 Å². The Morgan fingerprint density at radius 1 is 1.50 bits per heavy atom. The van der Waals surface area contributed by atoms with E-state index in [0.29, 0.717) is 6.29 Å². The molecule has 8 heavy (non-hydrogen) atoms. The first-order valence-electron chi connectivity index (χ1n) is 2.17. The minimum Gasteiger partial charge on any atom is -0.303 e. The maximum absolute atomic E-state index is 10.2. The van der Waals surface area contributed by atoms with E-state index in [0.717, 1.165) is 6.26 Å². The average Bonchev–Trinajstić information content (AvgIpc) is 1.59. The van der Waals surface area contributed by atoms with E-state index in [4.69, 9.17) is 0 Å². The maximum atomic E-state index is 10.2. The fraction of sp³-hybridized carbons (Fsp3) is 0.750. The fourth-order valence-electron chi connectivity index (χ4n) is 0.262. The van der Waals surface area contributed by atoms with Crippen LogP contribution in [0.25, 0.3) is 0 Å². The average molecular weight is 136 g/mol. The molecule has 4 heteroatoms. The summed E-state index contributed by atoms with van der Waals surface area (Å²) in [5.41, 5.74) is 0. The van der Waals surface area contributed by atoms with Gasteiger partial charge in [-0.25, -0.2) is 8.42 Å². The maximum Gasteiger partial charge on any atom is 0.147 e. The van der Waals surface area contributed by atoms with Crippen LogP contribution in [0.15, 0.2) is 0 Å². The summed E-state index contributed by atoms with van der Waals surface area (Å²) in [4.78, 5) is 9.59. The Morgan fingerprint density at radius 3 is 2.12 bits per heavy atom. The Bertz CT molecular complexity index is 156. The second kappa shape index (κ2) is 2.81. The van der Waals surface area contributed by atoms with Gasteiger partial charge in [-0.3, -0.25) is 0 Å². The lowest BCUT2D eigenvalue weighted by molar-refractivity contribution is -0.107. The van der Waals surface area contributed by atoms with Gasteiger partial charge in [0.05, 0.1) is 5.75 Å². The van der Waals surface area contributed by atoms with Crippen LogP contribution in [0.4, 0.5) is 0 Å². The molecule has 0 rings (SSSR count). The number of carbonyl (C=O) groups is 1. The van der Waals surface area contributed by atoms with Crippen LogP contribution < -0.4 is 0 Å². The van der Waals surface area contributed by atoms with Crippen molar-refractivity contribution in [3.05, 3.63) is 0 Å². The number of carbonyl (C=O) groups excluding carboxylic acids is 1. The SMILES string of the molecule is CS(=O)(=O)CCC=O. The van der Waals surface area contributed by atoms with Crippen LogP contribution in [0, 0.1) is 0 Å². The van der Waals surface area contributed by atoms with Crippen molar-refractivity contribution < 1.29 is 13.2 Å². The predicted molar refractivity (Wildman–Crippen MR) is 30.4 cm³/mol. The van der Waals surface area contributed by atoms with Gasteiger partial charge in [-0.15, -0.1) is 0 Å². The molecule has 0 aliphatic carbocycles. The van der Waals surface area contributed by atoms with Crippen molar-refractivity contribution in [3.63, 3.8) is 0 Å². The summed E-state index contributed by atoms with van der Waals surface area (Å²) in [6.07, 6.45) is 1.82. The minimum atomic E-state index is -2.92. The van der Waals surface area contributed by atoms with Gasteiger partial charge in [0.25, 0.3) is 0 Å². The molecule has 3 nitrogen and oxygen atoms in total. The Hall–Kier alpha value is -0.380. The molecule has 0 unspecified atom stereocenters. The van der Waals surface area contributed by atoms with Crippen LogP contribution >= 0.6 is 0 Å². The van der Waals surface area contributed by atoms with Gasteiger partial charge in [-0.05, 0) is 0 Å². The first kappa shape index (κ1) is 7.62. The van der Waals surface area contributed by atoms with E-state index in [9.17, 15) is 13.2 Å². The van der Waals surface area contributed by atoms with Crippen molar-refractivity contribution in [1.82, 2.24) is 0 Å². The Morgan fingerprint density at radius 2 is 2.00 bits per heavy atom. The van der Waals surface area contributed by atoms with E-state index in [1.165, 1.54) is 0 Å². The first-order chi connectivity index (χ1) is 3.56. The van der Waals surface area contributed by atoms with E-state index in [1.54, 1.807) is 0 Å². The summed E-state index contributed by atoms with van der Waals surface area (Å²) < 4.78 is 20.5. The molecule has 0 amide bonds. The van der Waals surface area contributed by atoms with Gasteiger partial charge in [-0.1, -0.05) is 0 Å². The number of aldehydes is 1. The lowest BCUT2D eigenvalue weighted by Gasteiger charge is -1.86. The van der Waals surface area contributed by atoms with Crippen molar-refractivity contribution >= 4 is 16.1 Å². The van der Waals surface area contributed by atoms with Gasteiger partial charge in [0.15, 0.2) is 0 Å². The van der Waals surface area contributed by atoms with E-state index < -0.39 is 9.84 Å². The molecule has 0 aromatic rings. The molecular weight excluding hydrogens is 128 g/mol. The number of hydrogen-bond acceptors (Lipinski definition) is 3. The van der Waals surface area contributed by atoms with Gasteiger partial charge in [0, 0.05) is 12.7 Å². The topological polar surface area (TPSA) is 51.2 Å². The van der Waals surface area contributed by atoms with E-state index in [-0.39, 0.29) is 12.2 Å². The molecule has 0 spiro atoms. The second-order valence-electron chi connectivity index (χ2n) is 1.59. The highest BCUT2D eigenvalue weighted by Crippen LogP contribution is 1.83. The standard InChI is InChI=1S/C4H8O3S/c1-8(6,7)4-2-3-5/h3H,2,4H2,1H3. The van der Waals surface area contributed by atoms with Crippen molar-refractivity contribution in [2.45, 2.75) is 6.42 Å². The highest BCUT2D eigenvalue weighted by atomic mass is 32.2.